The zero-order valence-corrected chi connectivity index (χ0v) is 10.00. The second kappa shape index (κ2) is 3.45. The van der Waals surface area contributed by atoms with Crippen LogP contribution >= 0.6 is 51.1 Å². The van der Waals surface area contributed by atoms with Crippen molar-refractivity contribution in [2.45, 2.75) is 11.8 Å². The predicted octanol–water partition coefficient (Wildman–Crippen LogP) is 3.65. The van der Waals surface area contributed by atoms with Crippen molar-refractivity contribution in [3.63, 3.8) is 0 Å². The van der Waals surface area contributed by atoms with Crippen LogP contribution in [0.25, 0.3) is 0 Å². The van der Waals surface area contributed by atoms with Crippen LogP contribution in [0, 0.1) is 10.5 Å². The standard InChI is InChI=1S/C7H6BrIS/c1-4-6(8)2-5(9)3-7(4)10/h2-3,10H,1H3. The maximum absolute atomic E-state index is 4.30. The summed E-state index contributed by atoms with van der Waals surface area (Å²) >= 11 is 10.0. The molecule has 1 rings (SSSR count). The lowest BCUT2D eigenvalue weighted by Crippen LogP contribution is -1.80. The minimum Gasteiger partial charge on any atom is -0.143 e. The molecule has 0 N–H and O–H groups in total. The van der Waals surface area contributed by atoms with Crippen LogP contribution in [0.1, 0.15) is 5.56 Å². The third kappa shape index (κ3) is 1.89. The molecule has 54 valence electrons. The van der Waals surface area contributed by atoms with Crippen LogP contribution in [-0.2, 0) is 0 Å². The Kier molecular flexibility index (Phi) is 3.06. The maximum atomic E-state index is 4.30. The summed E-state index contributed by atoms with van der Waals surface area (Å²) in [6, 6.07) is 4.12. The molecule has 10 heavy (non-hydrogen) atoms. The molecule has 0 fully saturated rings. The Labute approximate surface area is 88.1 Å². The van der Waals surface area contributed by atoms with Crippen LogP contribution in [-0.4, -0.2) is 0 Å². The van der Waals surface area contributed by atoms with Crippen molar-refractivity contribution < 1.29 is 0 Å². The second-order valence-electron chi connectivity index (χ2n) is 2.03. The summed E-state index contributed by atoms with van der Waals surface area (Å²) in [6.07, 6.45) is 0. The molecule has 0 unspecified atom stereocenters. The van der Waals surface area contributed by atoms with Crippen LogP contribution < -0.4 is 0 Å². The summed E-state index contributed by atoms with van der Waals surface area (Å²) in [5.74, 6) is 0. The Hall–Kier alpha value is 0.780. The first-order valence-electron chi connectivity index (χ1n) is 2.76. The van der Waals surface area contributed by atoms with Crippen molar-refractivity contribution in [1.82, 2.24) is 0 Å². The van der Waals surface area contributed by atoms with Gasteiger partial charge in [-0.1, -0.05) is 15.9 Å². The summed E-state index contributed by atoms with van der Waals surface area (Å²) in [5.41, 5.74) is 1.20. The van der Waals surface area contributed by atoms with Crippen molar-refractivity contribution in [3.05, 3.63) is 25.7 Å². The van der Waals surface area contributed by atoms with Crippen LogP contribution in [0.15, 0.2) is 21.5 Å². The lowest BCUT2D eigenvalue weighted by molar-refractivity contribution is 1.27. The van der Waals surface area contributed by atoms with Gasteiger partial charge in [-0.15, -0.1) is 12.6 Å². The molecular weight excluding hydrogens is 323 g/mol. The molecule has 0 aliphatic rings. The summed E-state index contributed by atoms with van der Waals surface area (Å²) in [5, 5.41) is 0. The fourth-order valence-electron chi connectivity index (χ4n) is 0.632. The highest BCUT2D eigenvalue weighted by atomic mass is 127. The van der Waals surface area contributed by atoms with Gasteiger partial charge in [-0.2, -0.15) is 0 Å². The molecule has 1 aromatic carbocycles. The van der Waals surface area contributed by atoms with Gasteiger partial charge >= 0.3 is 0 Å². The number of thiol groups is 1. The zero-order valence-electron chi connectivity index (χ0n) is 5.36. The Morgan fingerprint density at radius 1 is 1.50 bits per heavy atom. The molecule has 0 aromatic heterocycles. The molecule has 1 aromatic rings. The third-order valence-electron chi connectivity index (χ3n) is 1.28. The minimum absolute atomic E-state index is 1.04. The van der Waals surface area contributed by atoms with Gasteiger partial charge in [0, 0.05) is 12.9 Å². The smallest absolute Gasteiger partial charge is 0.0226 e. The highest BCUT2D eigenvalue weighted by molar-refractivity contribution is 14.1. The van der Waals surface area contributed by atoms with E-state index < -0.39 is 0 Å². The van der Waals surface area contributed by atoms with Gasteiger partial charge in [-0.3, -0.25) is 0 Å². The molecule has 0 aliphatic carbocycles. The summed E-state index contributed by atoms with van der Waals surface area (Å²) in [7, 11) is 0. The van der Waals surface area contributed by atoms with Crippen molar-refractivity contribution in [2.24, 2.45) is 0 Å². The Morgan fingerprint density at radius 3 is 2.60 bits per heavy atom. The molecule has 3 heteroatoms. The van der Waals surface area contributed by atoms with Gasteiger partial charge in [0.2, 0.25) is 0 Å². The van der Waals surface area contributed by atoms with Gasteiger partial charge in [-0.05, 0) is 47.2 Å². The first kappa shape index (κ1) is 8.87. The van der Waals surface area contributed by atoms with Crippen molar-refractivity contribution in [3.8, 4) is 0 Å². The van der Waals surface area contributed by atoms with E-state index in [0.717, 1.165) is 9.37 Å². The van der Waals surface area contributed by atoms with Crippen molar-refractivity contribution in [1.29, 1.82) is 0 Å². The topological polar surface area (TPSA) is 0 Å². The SMILES string of the molecule is Cc1c(S)cc(I)cc1Br. The summed E-state index contributed by atoms with van der Waals surface area (Å²) < 4.78 is 2.34. The summed E-state index contributed by atoms with van der Waals surface area (Å²) in [4.78, 5) is 1.04. The average molecular weight is 329 g/mol. The van der Waals surface area contributed by atoms with E-state index >= 15 is 0 Å². The minimum atomic E-state index is 1.04. The van der Waals surface area contributed by atoms with E-state index in [-0.39, 0.29) is 0 Å². The Balaban J connectivity index is 3.31. The quantitative estimate of drug-likeness (QED) is 0.545. The molecule has 0 saturated heterocycles. The molecule has 0 heterocycles. The lowest BCUT2D eigenvalue weighted by atomic mass is 10.2. The van der Waals surface area contributed by atoms with Crippen LogP contribution in [0.2, 0.25) is 0 Å². The Bertz CT molecular complexity index is 237. The van der Waals surface area contributed by atoms with Gasteiger partial charge in [-0.25, -0.2) is 0 Å². The van der Waals surface area contributed by atoms with Crippen molar-refractivity contribution in [2.75, 3.05) is 0 Å². The van der Waals surface area contributed by atoms with E-state index in [1.165, 1.54) is 9.13 Å². The molecule has 0 nitrogen and oxygen atoms in total. The number of hydrogen-bond acceptors (Lipinski definition) is 1. The van der Waals surface area contributed by atoms with Crippen molar-refractivity contribution >= 4 is 51.1 Å². The first-order chi connectivity index (χ1) is 4.61. The number of hydrogen-bond donors (Lipinski definition) is 1. The molecule has 0 atom stereocenters. The molecule has 0 amide bonds. The zero-order chi connectivity index (χ0) is 7.72. The number of halogens is 2. The van der Waals surface area contributed by atoms with E-state index in [4.69, 9.17) is 0 Å². The molecule has 0 saturated carbocycles. The van der Waals surface area contributed by atoms with Gasteiger partial charge in [0.1, 0.15) is 0 Å². The van der Waals surface area contributed by atoms with Crippen LogP contribution in [0.3, 0.4) is 0 Å². The average Bonchev–Trinajstić information content (AvgIpc) is 1.82. The molecule has 0 spiro atoms. The monoisotopic (exact) mass is 328 g/mol. The molecule has 0 bridgehead atoms. The number of benzene rings is 1. The fraction of sp³-hybridized carbons (Fsp3) is 0.143. The van der Waals surface area contributed by atoms with Crippen LogP contribution in [0.4, 0.5) is 0 Å². The largest absolute Gasteiger partial charge is 0.143 e. The fourth-order valence-corrected chi connectivity index (χ4v) is 2.80. The van der Waals surface area contributed by atoms with Gasteiger partial charge < -0.3 is 0 Å². The molecule has 0 radical (unpaired) electrons. The first-order valence-corrected chi connectivity index (χ1v) is 5.08. The number of rotatable bonds is 0. The van der Waals surface area contributed by atoms with E-state index in [1.54, 1.807) is 0 Å². The van der Waals surface area contributed by atoms with Gasteiger partial charge in [0.15, 0.2) is 0 Å². The molecule has 0 aliphatic heterocycles. The van der Waals surface area contributed by atoms with E-state index in [9.17, 15) is 0 Å². The third-order valence-corrected chi connectivity index (χ3v) is 3.19. The normalized spacial score (nSPS) is 10.0. The van der Waals surface area contributed by atoms with E-state index in [0.29, 0.717) is 0 Å². The summed E-state index contributed by atoms with van der Waals surface area (Å²) in [6.45, 7) is 2.04. The van der Waals surface area contributed by atoms with E-state index in [2.05, 4.69) is 57.2 Å². The van der Waals surface area contributed by atoms with Gasteiger partial charge in [0.25, 0.3) is 0 Å². The van der Waals surface area contributed by atoms with Crippen LogP contribution in [0.5, 0.6) is 0 Å². The van der Waals surface area contributed by atoms with E-state index in [1.807, 2.05) is 13.0 Å². The highest BCUT2D eigenvalue weighted by Gasteiger charge is 1.99. The maximum Gasteiger partial charge on any atom is 0.0226 e. The molecular formula is C7H6BrIS. The van der Waals surface area contributed by atoms with Gasteiger partial charge in [0.05, 0.1) is 0 Å². The predicted molar refractivity (Wildman–Crippen MR) is 58.8 cm³/mol. The highest BCUT2D eigenvalue weighted by Crippen LogP contribution is 2.25. The lowest BCUT2D eigenvalue weighted by Gasteiger charge is -2.01. The second-order valence-corrected chi connectivity index (χ2v) is 4.61. The Morgan fingerprint density at radius 2 is 2.10 bits per heavy atom.